The lowest BCUT2D eigenvalue weighted by Crippen LogP contribution is -2.32. The summed E-state index contributed by atoms with van der Waals surface area (Å²) in [6.07, 6.45) is -3.55. The molecule has 90 valence electrons. The lowest BCUT2D eigenvalue weighted by Gasteiger charge is -2.14. The van der Waals surface area contributed by atoms with Crippen molar-refractivity contribution in [2.75, 3.05) is 6.61 Å². The van der Waals surface area contributed by atoms with Crippen LogP contribution in [0.25, 0.3) is 0 Å². The van der Waals surface area contributed by atoms with Gasteiger partial charge in [-0.25, -0.2) is 8.78 Å². The molecular formula is C7H6F4N2O3. The zero-order valence-corrected chi connectivity index (χ0v) is 7.70. The van der Waals surface area contributed by atoms with Crippen LogP contribution in [0.2, 0.25) is 0 Å². The average molecular weight is 242 g/mol. The van der Waals surface area contributed by atoms with Gasteiger partial charge in [-0.2, -0.15) is 13.8 Å². The number of carbonyl (C=O) groups is 1. The minimum Gasteiger partial charge on any atom is -0.367 e. The van der Waals surface area contributed by atoms with Crippen molar-refractivity contribution in [1.29, 1.82) is 0 Å². The Kier molecular flexibility index (Phi) is 3.93. The molecular weight excluding hydrogens is 236 g/mol. The van der Waals surface area contributed by atoms with E-state index in [-0.39, 0.29) is 18.0 Å². The maximum Gasteiger partial charge on any atom is 0.330 e. The molecule has 0 N–H and O–H groups in total. The van der Waals surface area contributed by atoms with Crippen LogP contribution < -0.4 is 0 Å². The molecule has 0 saturated carbocycles. The van der Waals surface area contributed by atoms with Gasteiger partial charge < -0.3 is 9.26 Å². The maximum atomic E-state index is 12.3. The number of carbonyl (C=O) groups excluding carboxylic acids is 1. The molecule has 0 aliphatic rings. The summed E-state index contributed by atoms with van der Waals surface area (Å²) in [7, 11) is 0. The molecule has 0 atom stereocenters. The topological polar surface area (TPSA) is 65.2 Å². The first-order chi connectivity index (χ1) is 7.45. The highest BCUT2D eigenvalue weighted by Crippen LogP contribution is 2.23. The highest BCUT2D eigenvalue weighted by Gasteiger charge is 2.41. The minimum absolute atomic E-state index is 0.174. The van der Waals surface area contributed by atoms with Crippen LogP contribution in [-0.4, -0.2) is 35.4 Å². The van der Waals surface area contributed by atoms with Crippen LogP contribution in [0.1, 0.15) is 16.5 Å². The van der Waals surface area contributed by atoms with Crippen molar-refractivity contribution < 1.29 is 31.6 Å². The number of aldehydes is 1. The molecule has 0 bridgehead atoms. The Bertz CT molecular complexity index is 355. The normalized spacial score (nSPS) is 12.1. The molecule has 1 aromatic rings. The van der Waals surface area contributed by atoms with Gasteiger partial charge in [-0.15, -0.1) is 0 Å². The Morgan fingerprint density at radius 1 is 1.50 bits per heavy atom. The van der Waals surface area contributed by atoms with Crippen LogP contribution >= 0.6 is 0 Å². The van der Waals surface area contributed by atoms with E-state index in [1.807, 2.05) is 0 Å². The number of hydrogen-bond donors (Lipinski definition) is 0. The molecule has 0 fully saturated rings. The Labute approximate surface area is 86.4 Å². The van der Waals surface area contributed by atoms with E-state index >= 15 is 0 Å². The fraction of sp³-hybridized carbons (Fsp3) is 0.571. The number of ether oxygens (including phenoxy) is 1. The second kappa shape index (κ2) is 5.01. The van der Waals surface area contributed by atoms with Crippen molar-refractivity contribution in [3.63, 3.8) is 0 Å². The molecule has 0 saturated heterocycles. The van der Waals surface area contributed by atoms with E-state index in [1.165, 1.54) is 0 Å². The lowest BCUT2D eigenvalue weighted by atomic mass is 10.4. The monoisotopic (exact) mass is 242 g/mol. The first kappa shape index (κ1) is 12.6. The van der Waals surface area contributed by atoms with Crippen LogP contribution in [0, 0.1) is 0 Å². The summed E-state index contributed by atoms with van der Waals surface area (Å²) in [6.45, 7) is -2.00. The summed E-state index contributed by atoms with van der Waals surface area (Å²) in [5, 5.41) is 3.18. The van der Waals surface area contributed by atoms with Crippen molar-refractivity contribution in [3.8, 4) is 0 Å². The van der Waals surface area contributed by atoms with Gasteiger partial charge in [0.15, 0.2) is 5.82 Å². The van der Waals surface area contributed by atoms with E-state index in [9.17, 15) is 22.4 Å². The van der Waals surface area contributed by atoms with E-state index in [1.54, 1.807) is 0 Å². The van der Waals surface area contributed by atoms with Crippen molar-refractivity contribution in [1.82, 2.24) is 10.1 Å². The number of hydrogen-bond acceptors (Lipinski definition) is 5. The van der Waals surface area contributed by atoms with Crippen LogP contribution in [0.4, 0.5) is 17.6 Å². The molecule has 0 unspecified atom stereocenters. The average Bonchev–Trinajstić information content (AvgIpc) is 2.65. The van der Waals surface area contributed by atoms with E-state index < -0.39 is 25.6 Å². The fourth-order valence-electron chi connectivity index (χ4n) is 0.715. The quantitative estimate of drug-likeness (QED) is 0.555. The third kappa shape index (κ3) is 3.26. The molecule has 1 rings (SSSR count). The SMILES string of the molecule is O=Cc1nc(COCC(F)(F)C(F)F)no1. The first-order valence-electron chi connectivity index (χ1n) is 3.97. The van der Waals surface area contributed by atoms with Gasteiger partial charge in [-0.1, -0.05) is 5.16 Å². The fourth-order valence-corrected chi connectivity index (χ4v) is 0.715. The van der Waals surface area contributed by atoms with E-state index in [4.69, 9.17) is 0 Å². The summed E-state index contributed by atoms with van der Waals surface area (Å²) >= 11 is 0. The molecule has 0 aliphatic carbocycles. The van der Waals surface area contributed by atoms with Gasteiger partial charge in [0, 0.05) is 0 Å². The molecule has 16 heavy (non-hydrogen) atoms. The Hall–Kier alpha value is -1.51. The Morgan fingerprint density at radius 2 is 2.19 bits per heavy atom. The lowest BCUT2D eigenvalue weighted by molar-refractivity contribution is -0.168. The van der Waals surface area contributed by atoms with Gasteiger partial charge in [0.25, 0.3) is 5.89 Å². The van der Waals surface area contributed by atoms with Crippen molar-refractivity contribution in [2.24, 2.45) is 0 Å². The largest absolute Gasteiger partial charge is 0.367 e. The van der Waals surface area contributed by atoms with Gasteiger partial charge in [0.2, 0.25) is 6.29 Å². The summed E-state index contributed by atoms with van der Waals surface area (Å²) in [4.78, 5) is 13.5. The number of aromatic nitrogens is 2. The summed E-state index contributed by atoms with van der Waals surface area (Å²) < 4.78 is 56.6. The number of alkyl halides is 4. The number of nitrogens with zero attached hydrogens (tertiary/aromatic N) is 2. The predicted molar refractivity (Wildman–Crippen MR) is 40.3 cm³/mol. The molecule has 0 aromatic carbocycles. The van der Waals surface area contributed by atoms with Crippen molar-refractivity contribution >= 4 is 6.29 Å². The Morgan fingerprint density at radius 3 is 2.69 bits per heavy atom. The molecule has 1 heterocycles. The summed E-state index contributed by atoms with van der Waals surface area (Å²) in [6, 6.07) is 0. The Balaban J connectivity index is 2.38. The molecule has 0 spiro atoms. The second-order valence-corrected chi connectivity index (χ2v) is 2.72. The third-order valence-corrected chi connectivity index (χ3v) is 1.43. The molecule has 0 radical (unpaired) electrons. The van der Waals surface area contributed by atoms with Gasteiger partial charge in [-0.3, -0.25) is 4.79 Å². The zero-order valence-electron chi connectivity index (χ0n) is 7.70. The smallest absolute Gasteiger partial charge is 0.330 e. The zero-order chi connectivity index (χ0) is 12.2. The maximum absolute atomic E-state index is 12.3. The van der Waals surface area contributed by atoms with Gasteiger partial charge in [0.1, 0.15) is 13.2 Å². The third-order valence-electron chi connectivity index (χ3n) is 1.43. The molecule has 0 amide bonds. The van der Waals surface area contributed by atoms with E-state index in [2.05, 4.69) is 19.4 Å². The van der Waals surface area contributed by atoms with Crippen LogP contribution in [0.3, 0.4) is 0 Å². The molecule has 9 heteroatoms. The summed E-state index contributed by atoms with van der Waals surface area (Å²) in [5.41, 5.74) is 0. The standard InChI is InChI=1S/C7H6F4N2O3/c8-6(9)7(10,11)3-15-2-4-12-5(1-14)16-13-4/h1,6H,2-3H2. The molecule has 1 aromatic heterocycles. The highest BCUT2D eigenvalue weighted by atomic mass is 19.3. The van der Waals surface area contributed by atoms with Crippen molar-refractivity contribution in [2.45, 2.75) is 19.0 Å². The number of rotatable bonds is 6. The number of halogens is 4. The molecule has 0 aliphatic heterocycles. The van der Waals surface area contributed by atoms with Gasteiger partial charge >= 0.3 is 12.3 Å². The van der Waals surface area contributed by atoms with E-state index in [0.717, 1.165) is 0 Å². The van der Waals surface area contributed by atoms with Crippen molar-refractivity contribution in [3.05, 3.63) is 11.7 Å². The molecule has 5 nitrogen and oxygen atoms in total. The van der Waals surface area contributed by atoms with Crippen LogP contribution in [-0.2, 0) is 11.3 Å². The van der Waals surface area contributed by atoms with E-state index in [0.29, 0.717) is 0 Å². The second-order valence-electron chi connectivity index (χ2n) is 2.72. The van der Waals surface area contributed by atoms with Gasteiger partial charge in [0.05, 0.1) is 0 Å². The first-order valence-corrected chi connectivity index (χ1v) is 3.97. The predicted octanol–water partition coefficient (Wildman–Crippen LogP) is 1.30. The van der Waals surface area contributed by atoms with Crippen LogP contribution in [0.5, 0.6) is 0 Å². The van der Waals surface area contributed by atoms with Gasteiger partial charge in [-0.05, 0) is 0 Å². The summed E-state index contributed by atoms with van der Waals surface area (Å²) in [5.74, 6) is -4.75. The minimum atomic E-state index is -4.22. The highest BCUT2D eigenvalue weighted by molar-refractivity contribution is 5.66. The van der Waals surface area contributed by atoms with Crippen LogP contribution in [0.15, 0.2) is 4.52 Å².